The van der Waals surface area contributed by atoms with Gasteiger partial charge < -0.3 is 5.11 Å². The maximum absolute atomic E-state index is 12.0. The van der Waals surface area contributed by atoms with Crippen LogP contribution in [0, 0.1) is 6.92 Å². The molecule has 2 heterocycles. The predicted molar refractivity (Wildman–Crippen MR) is 67.6 cm³/mol. The molecule has 2 aromatic heterocycles. The largest absolute Gasteiger partial charge is 0.392 e. The van der Waals surface area contributed by atoms with Crippen LogP contribution in [0.3, 0.4) is 0 Å². The van der Waals surface area contributed by atoms with E-state index in [-0.39, 0.29) is 18.2 Å². The van der Waals surface area contributed by atoms with Crippen molar-refractivity contribution >= 4 is 21.4 Å². The van der Waals surface area contributed by atoms with Crippen LogP contribution in [0.1, 0.15) is 16.1 Å². The normalized spacial score (nSPS) is 11.9. The fraction of sp³-hybridized carbons (Fsp3) is 0.300. The van der Waals surface area contributed by atoms with Gasteiger partial charge in [0.2, 0.25) is 0 Å². The van der Waals surface area contributed by atoms with Gasteiger partial charge in [-0.05, 0) is 18.4 Å². The number of aliphatic hydroxyl groups is 1. The molecule has 98 valence electrons. The first kappa shape index (κ1) is 13.2. The van der Waals surface area contributed by atoms with Gasteiger partial charge in [0.15, 0.2) is 5.03 Å². The zero-order valence-electron chi connectivity index (χ0n) is 9.67. The minimum atomic E-state index is -3.70. The number of hydrogen-bond acceptors (Lipinski definition) is 5. The highest BCUT2D eigenvalue weighted by Crippen LogP contribution is 2.17. The first-order chi connectivity index (χ1) is 8.54. The zero-order valence-corrected chi connectivity index (χ0v) is 11.3. The maximum Gasteiger partial charge on any atom is 0.260 e. The summed E-state index contributed by atoms with van der Waals surface area (Å²) in [5.41, 5.74) is 0.850. The molecule has 0 aliphatic rings. The lowest BCUT2D eigenvalue weighted by Crippen LogP contribution is -2.24. The Hall–Kier alpha value is -1.22. The van der Waals surface area contributed by atoms with E-state index in [9.17, 15) is 8.42 Å². The molecule has 0 aliphatic heterocycles. The second-order valence-electron chi connectivity index (χ2n) is 3.69. The van der Waals surface area contributed by atoms with E-state index in [2.05, 4.69) is 14.9 Å². The van der Waals surface area contributed by atoms with E-state index >= 15 is 0 Å². The van der Waals surface area contributed by atoms with Crippen molar-refractivity contribution in [1.29, 1.82) is 0 Å². The molecule has 6 nitrogen and oxygen atoms in total. The van der Waals surface area contributed by atoms with Crippen LogP contribution in [0.5, 0.6) is 0 Å². The summed E-state index contributed by atoms with van der Waals surface area (Å²) in [6.07, 6.45) is 0. The van der Waals surface area contributed by atoms with Gasteiger partial charge >= 0.3 is 0 Å². The number of aryl methyl sites for hydroxylation is 1. The minimum Gasteiger partial charge on any atom is -0.392 e. The Morgan fingerprint density at radius 3 is 2.94 bits per heavy atom. The molecular weight excluding hydrogens is 274 g/mol. The Balaban J connectivity index is 2.20. The van der Waals surface area contributed by atoms with E-state index in [1.165, 1.54) is 11.3 Å². The summed E-state index contributed by atoms with van der Waals surface area (Å²) in [6.45, 7) is 1.52. The topological polar surface area (TPSA) is 95.1 Å². The number of aromatic amines is 1. The van der Waals surface area contributed by atoms with Crippen LogP contribution < -0.4 is 4.72 Å². The molecule has 0 aliphatic carbocycles. The van der Waals surface area contributed by atoms with Crippen molar-refractivity contribution < 1.29 is 13.5 Å². The van der Waals surface area contributed by atoms with Crippen LogP contribution in [-0.2, 0) is 23.2 Å². The van der Waals surface area contributed by atoms with Gasteiger partial charge in [-0.2, -0.15) is 5.10 Å². The Morgan fingerprint density at radius 1 is 1.56 bits per heavy atom. The lowest BCUT2D eigenvalue weighted by Gasteiger charge is -2.04. The summed E-state index contributed by atoms with van der Waals surface area (Å²) in [5.74, 6) is 0. The number of aromatic nitrogens is 2. The summed E-state index contributed by atoms with van der Waals surface area (Å²) >= 11 is 1.47. The number of rotatable bonds is 5. The molecule has 0 spiro atoms. The third-order valence-electron chi connectivity index (χ3n) is 2.47. The fourth-order valence-electron chi connectivity index (χ4n) is 1.49. The number of H-pyrrole nitrogens is 1. The second kappa shape index (κ2) is 5.19. The average Bonchev–Trinajstić information content (AvgIpc) is 2.95. The van der Waals surface area contributed by atoms with Gasteiger partial charge in [-0.25, -0.2) is 13.1 Å². The van der Waals surface area contributed by atoms with Gasteiger partial charge in [0.1, 0.15) is 0 Å². The molecule has 0 fully saturated rings. The fourth-order valence-corrected chi connectivity index (χ4v) is 3.41. The molecule has 2 aromatic rings. The predicted octanol–water partition coefficient (Wildman–Crippen LogP) is 0.750. The number of nitrogens with one attached hydrogen (secondary N) is 2. The van der Waals surface area contributed by atoms with Crippen molar-refractivity contribution in [3.05, 3.63) is 33.6 Å². The van der Waals surface area contributed by atoms with Crippen molar-refractivity contribution in [2.75, 3.05) is 0 Å². The Bertz CT molecular complexity index is 617. The Labute approximate surface area is 109 Å². The van der Waals surface area contributed by atoms with E-state index in [1.54, 1.807) is 6.92 Å². The highest BCUT2D eigenvalue weighted by Gasteiger charge is 2.23. The molecule has 0 aromatic carbocycles. The molecule has 0 unspecified atom stereocenters. The summed E-state index contributed by atoms with van der Waals surface area (Å²) in [7, 11) is -3.70. The lowest BCUT2D eigenvalue weighted by molar-refractivity contribution is 0.277. The molecule has 2 rings (SSSR count). The van der Waals surface area contributed by atoms with Crippen LogP contribution in [-0.4, -0.2) is 23.7 Å². The van der Waals surface area contributed by atoms with E-state index in [1.807, 2.05) is 17.5 Å². The van der Waals surface area contributed by atoms with Crippen LogP contribution >= 0.6 is 11.3 Å². The van der Waals surface area contributed by atoms with Crippen LogP contribution in [0.4, 0.5) is 0 Å². The molecule has 0 saturated heterocycles. The minimum absolute atomic E-state index is 0.140. The zero-order chi connectivity index (χ0) is 13.2. The third-order valence-corrected chi connectivity index (χ3v) is 4.71. The van der Waals surface area contributed by atoms with Gasteiger partial charge in [0, 0.05) is 22.7 Å². The first-order valence-electron chi connectivity index (χ1n) is 5.21. The number of sulfonamides is 1. The van der Waals surface area contributed by atoms with Gasteiger partial charge in [0.25, 0.3) is 10.0 Å². The smallest absolute Gasteiger partial charge is 0.260 e. The Morgan fingerprint density at radius 2 is 2.33 bits per heavy atom. The molecule has 18 heavy (non-hydrogen) atoms. The van der Waals surface area contributed by atoms with Crippen LogP contribution in [0.15, 0.2) is 22.5 Å². The third kappa shape index (κ3) is 2.61. The van der Waals surface area contributed by atoms with Crippen molar-refractivity contribution in [2.45, 2.75) is 25.1 Å². The second-order valence-corrected chi connectivity index (χ2v) is 6.41. The monoisotopic (exact) mass is 287 g/mol. The molecule has 0 radical (unpaired) electrons. The highest BCUT2D eigenvalue weighted by molar-refractivity contribution is 7.89. The quantitative estimate of drug-likeness (QED) is 0.756. The van der Waals surface area contributed by atoms with Gasteiger partial charge in [-0.3, -0.25) is 5.10 Å². The maximum atomic E-state index is 12.0. The van der Waals surface area contributed by atoms with Crippen molar-refractivity contribution in [1.82, 2.24) is 14.9 Å². The van der Waals surface area contributed by atoms with Gasteiger partial charge in [0.05, 0.1) is 6.61 Å². The number of nitrogens with zero attached hydrogens (tertiary/aromatic N) is 1. The average molecular weight is 287 g/mol. The van der Waals surface area contributed by atoms with Crippen molar-refractivity contribution in [2.24, 2.45) is 0 Å². The van der Waals surface area contributed by atoms with Gasteiger partial charge in [-0.15, -0.1) is 11.3 Å². The highest BCUT2D eigenvalue weighted by atomic mass is 32.2. The molecule has 0 atom stereocenters. The van der Waals surface area contributed by atoms with Gasteiger partial charge in [-0.1, -0.05) is 6.07 Å². The van der Waals surface area contributed by atoms with E-state index in [0.717, 1.165) is 4.88 Å². The van der Waals surface area contributed by atoms with Crippen molar-refractivity contribution in [3.8, 4) is 0 Å². The molecule has 0 bridgehead atoms. The lowest BCUT2D eigenvalue weighted by atomic mass is 10.3. The summed E-state index contributed by atoms with van der Waals surface area (Å²) in [5, 5.41) is 17.2. The van der Waals surface area contributed by atoms with Crippen LogP contribution in [0.2, 0.25) is 0 Å². The standard InChI is InChI=1S/C10H13N3O3S2/c1-7-9(6-14)10(13-12-7)18(15,16)11-5-8-3-2-4-17-8/h2-4,11,14H,5-6H2,1H3,(H,12,13). The Kier molecular flexibility index (Phi) is 3.81. The van der Waals surface area contributed by atoms with E-state index in [4.69, 9.17) is 5.11 Å². The van der Waals surface area contributed by atoms with Crippen molar-refractivity contribution in [3.63, 3.8) is 0 Å². The van der Waals surface area contributed by atoms with Crippen LogP contribution in [0.25, 0.3) is 0 Å². The molecular formula is C10H13N3O3S2. The number of thiophene rings is 1. The molecule has 8 heteroatoms. The first-order valence-corrected chi connectivity index (χ1v) is 7.57. The summed E-state index contributed by atoms with van der Waals surface area (Å²) in [6, 6.07) is 3.70. The molecule has 0 amide bonds. The number of aliphatic hydroxyl groups excluding tert-OH is 1. The summed E-state index contributed by atoms with van der Waals surface area (Å²) in [4.78, 5) is 0.913. The SMILES string of the molecule is Cc1[nH]nc(S(=O)(=O)NCc2cccs2)c1CO. The number of hydrogen-bond donors (Lipinski definition) is 3. The summed E-state index contributed by atoms with van der Waals surface area (Å²) < 4.78 is 26.5. The molecule has 3 N–H and O–H groups in total. The van der Waals surface area contributed by atoms with E-state index in [0.29, 0.717) is 11.3 Å². The van der Waals surface area contributed by atoms with E-state index < -0.39 is 10.0 Å². The molecule has 0 saturated carbocycles.